The van der Waals surface area contributed by atoms with Gasteiger partial charge in [-0.1, -0.05) is 30.3 Å². The number of nitrogens with one attached hydrogen (secondary N) is 1. The lowest BCUT2D eigenvalue weighted by Crippen LogP contribution is -1.86. The summed E-state index contributed by atoms with van der Waals surface area (Å²) in [6.45, 7) is 2.09. The highest BCUT2D eigenvalue weighted by Crippen LogP contribution is 2.35. The van der Waals surface area contributed by atoms with Crippen LogP contribution in [-0.4, -0.2) is 25.6 Å². The van der Waals surface area contributed by atoms with Gasteiger partial charge >= 0.3 is 0 Å². The Labute approximate surface area is 124 Å². The third-order valence-electron chi connectivity index (χ3n) is 3.29. The fourth-order valence-electron chi connectivity index (χ4n) is 2.29. The molecule has 0 radical (unpaired) electrons. The first kappa shape index (κ1) is 12.2. The largest absolute Gasteiger partial charge is 0.236 e. The van der Waals surface area contributed by atoms with Crippen molar-refractivity contribution in [2.24, 2.45) is 0 Å². The van der Waals surface area contributed by atoms with E-state index < -0.39 is 0 Å². The van der Waals surface area contributed by atoms with Crippen LogP contribution in [-0.2, 0) is 0 Å². The van der Waals surface area contributed by atoms with E-state index in [4.69, 9.17) is 4.98 Å². The van der Waals surface area contributed by atoms with Gasteiger partial charge in [0, 0.05) is 11.1 Å². The number of hydrogen-bond acceptors (Lipinski definition) is 5. The zero-order chi connectivity index (χ0) is 14.2. The van der Waals surface area contributed by atoms with E-state index in [1.54, 1.807) is 11.3 Å². The van der Waals surface area contributed by atoms with Crippen LogP contribution in [0.25, 0.3) is 32.2 Å². The zero-order valence-corrected chi connectivity index (χ0v) is 12.1. The highest BCUT2D eigenvalue weighted by Gasteiger charge is 2.14. The highest BCUT2D eigenvalue weighted by atomic mass is 32.1. The van der Waals surface area contributed by atoms with Gasteiger partial charge in [0.2, 0.25) is 5.82 Å². The van der Waals surface area contributed by atoms with Gasteiger partial charge in [0.25, 0.3) is 0 Å². The molecule has 0 aliphatic carbocycles. The Morgan fingerprint density at radius 1 is 1.05 bits per heavy atom. The molecule has 0 aliphatic heterocycles. The molecule has 0 bridgehead atoms. The molecule has 0 saturated carbocycles. The molecule has 0 spiro atoms. The van der Waals surface area contributed by atoms with E-state index in [9.17, 15) is 0 Å². The van der Waals surface area contributed by atoms with Crippen LogP contribution in [0, 0.1) is 6.92 Å². The van der Waals surface area contributed by atoms with Crippen molar-refractivity contribution >= 4 is 21.6 Å². The molecule has 0 saturated heterocycles. The second-order valence-corrected chi connectivity index (χ2v) is 5.80. The average molecular weight is 293 g/mol. The van der Waals surface area contributed by atoms with E-state index in [0.29, 0.717) is 5.82 Å². The molecule has 21 heavy (non-hydrogen) atoms. The number of rotatable bonds is 2. The average Bonchev–Trinajstić information content (AvgIpc) is 3.16. The van der Waals surface area contributed by atoms with Gasteiger partial charge in [-0.15, -0.1) is 21.5 Å². The molecule has 1 N–H and O–H groups in total. The molecule has 0 aliphatic rings. The molecular weight excluding hydrogens is 282 g/mol. The molecule has 5 nitrogen and oxygen atoms in total. The van der Waals surface area contributed by atoms with Crippen LogP contribution in [0.3, 0.4) is 0 Å². The summed E-state index contributed by atoms with van der Waals surface area (Å²) in [7, 11) is 0. The number of tetrazole rings is 1. The van der Waals surface area contributed by atoms with Gasteiger partial charge in [-0.3, -0.25) is 0 Å². The Morgan fingerprint density at radius 3 is 2.71 bits per heavy atom. The lowest BCUT2D eigenvalue weighted by Gasteiger charge is -2.01. The highest BCUT2D eigenvalue weighted by molar-refractivity contribution is 7.21. The number of aromatic amines is 1. The van der Waals surface area contributed by atoms with Crippen LogP contribution in [0.15, 0.2) is 42.5 Å². The van der Waals surface area contributed by atoms with Crippen molar-refractivity contribution in [3.63, 3.8) is 0 Å². The first-order valence-corrected chi connectivity index (χ1v) is 7.33. The fourth-order valence-corrected chi connectivity index (χ4v) is 3.39. The van der Waals surface area contributed by atoms with Crippen molar-refractivity contribution in [3.8, 4) is 22.0 Å². The standard InChI is InChI=1S/C15H11N5S/c1-9-6-7-12-13(8-9)21-15(16-12)11-5-3-2-4-10(11)14-17-19-20-18-14/h2-8H,1H3,(H,17,18,19,20). The first-order chi connectivity index (χ1) is 10.3. The second kappa shape index (κ2) is 4.75. The molecule has 2 aromatic heterocycles. The van der Waals surface area contributed by atoms with Crippen LogP contribution < -0.4 is 0 Å². The van der Waals surface area contributed by atoms with Gasteiger partial charge < -0.3 is 0 Å². The van der Waals surface area contributed by atoms with E-state index in [2.05, 4.69) is 45.7 Å². The van der Waals surface area contributed by atoms with E-state index in [1.807, 2.05) is 24.3 Å². The number of benzene rings is 2. The fraction of sp³-hybridized carbons (Fsp3) is 0.0667. The second-order valence-electron chi connectivity index (χ2n) is 4.77. The Kier molecular flexibility index (Phi) is 2.75. The summed E-state index contributed by atoms with van der Waals surface area (Å²) < 4.78 is 1.19. The van der Waals surface area contributed by atoms with E-state index in [1.165, 1.54) is 10.3 Å². The van der Waals surface area contributed by atoms with Crippen molar-refractivity contribution < 1.29 is 0 Å². The Morgan fingerprint density at radius 2 is 1.90 bits per heavy atom. The van der Waals surface area contributed by atoms with Crippen molar-refractivity contribution in [3.05, 3.63) is 48.0 Å². The maximum absolute atomic E-state index is 4.73. The van der Waals surface area contributed by atoms with Crippen LogP contribution >= 0.6 is 11.3 Å². The third-order valence-corrected chi connectivity index (χ3v) is 4.34. The normalized spacial score (nSPS) is 11.1. The molecule has 0 fully saturated rings. The van der Waals surface area contributed by atoms with Crippen LogP contribution in [0.1, 0.15) is 5.56 Å². The minimum absolute atomic E-state index is 0.584. The smallest absolute Gasteiger partial charge is 0.205 e. The Hall–Kier alpha value is -2.60. The Bertz CT molecular complexity index is 911. The molecule has 0 atom stereocenters. The maximum Gasteiger partial charge on any atom is 0.205 e. The summed E-state index contributed by atoms with van der Waals surface area (Å²) in [5.41, 5.74) is 4.22. The number of H-pyrrole nitrogens is 1. The van der Waals surface area contributed by atoms with Crippen molar-refractivity contribution in [2.75, 3.05) is 0 Å². The summed E-state index contributed by atoms with van der Waals surface area (Å²) in [5, 5.41) is 15.2. The molecule has 102 valence electrons. The maximum atomic E-state index is 4.73. The SMILES string of the molecule is Cc1ccc2nc(-c3ccccc3-c3nn[nH]n3)sc2c1. The van der Waals surface area contributed by atoms with Crippen LogP contribution in [0.2, 0.25) is 0 Å². The van der Waals surface area contributed by atoms with Gasteiger partial charge in [0.1, 0.15) is 5.01 Å². The number of aromatic nitrogens is 5. The van der Waals surface area contributed by atoms with E-state index in [-0.39, 0.29) is 0 Å². The Balaban J connectivity index is 1.93. The van der Waals surface area contributed by atoms with Gasteiger partial charge in [-0.05, 0) is 29.8 Å². The number of hydrogen-bond donors (Lipinski definition) is 1. The monoisotopic (exact) mass is 293 g/mol. The van der Waals surface area contributed by atoms with Gasteiger partial charge in [0.15, 0.2) is 0 Å². The minimum atomic E-state index is 0.584. The summed E-state index contributed by atoms with van der Waals surface area (Å²) in [4.78, 5) is 4.73. The molecule has 0 amide bonds. The summed E-state index contributed by atoms with van der Waals surface area (Å²) in [6.07, 6.45) is 0. The molecule has 2 heterocycles. The summed E-state index contributed by atoms with van der Waals surface area (Å²) in [5.74, 6) is 0.584. The predicted octanol–water partition coefficient (Wildman–Crippen LogP) is 3.45. The summed E-state index contributed by atoms with van der Waals surface area (Å²) in [6, 6.07) is 14.3. The minimum Gasteiger partial charge on any atom is -0.236 e. The van der Waals surface area contributed by atoms with Crippen LogP contribution in [0.4, 0.5) is 0 Å². The lowest BCUT2D eigenvalue weighted by molar-refractivity contribution is 0.881. The molecule has 4 rings (SSSR count). The number of aryl methyl sites for hydroxylation is 1. The van der Waals surface area contributed by atoms with Crippen molar-refractivity contribution in [2.45, 2.75) is 6.92 Å². The molecular formula is C15H11N5S. The van der Waals surface area contributed by atoms with E-state index in [0.717, 1.165) is 21.7 Å². The van der Waals surface area contributed by atoms with E-state index >= 15 is 0 Å². The third kappa shape index (κ3) is 2.09. The number of thiazole rings is 1. The summed E-state index contributed by atoms with van der Waals surface area (Å²) >= 11 is 1.68. The number of nitrogens with zero attached hydrogens (tertiary/aromatic N) is 4. The first-order valence-electron chi connectivity index (χ1n) is 6.52. The van der Waals surface area contributed by atoms with Gasteiger partial charge in [0.05, 0.1) is 10.2 Å². The predicted molar refractivity (Wildman–Crippen MR) is 83.0 cm³/mol. The molecule has 4 aromatic rings. The molecule has 0 unspecified atom stereocenters. The quantitative estimate of drug-likeness (QED) is 0.614. The zero-order valence-electron chi connectivity index (χ0n) is 11.2. The number of fused-ring (bicyclic) bond motifs is 1. The molecule has 2 aromatic carbocycles. The topological polar surface area (TPSA) is 67.3 Å². The van der Waals surface area contributed by atoms with Crippen LogP contribution in [0.5, 0.6) is 0 Å². The van der Waals surface area contributed by atoms with Gasteiger partial charge in [-0.2, -0.15) is 5.21 Å². The lowest BCUT2D eigenvalue weighted by atomic mass is 10.1. The van der Waals surface area contributed by atoms with Gasteiger partial charge in [-0.25, -0.2) is 4.98 Å². The van der Waals surface area contributed by atoms with Crippen molar-refractivity contribution in [1.82, 2.24) is 25.6 Å². The van der Waals surface area contributed by atoms with Crippen molar-refractivity contribution in [1.29, 1.82) is 0 Å². The molecule has 6 heteroatoms.